The summed E-state index contributed by atoms with van der Waals surface area (Å²) in [7, 11) is -4.30. The van der Waals surface area contributed by atoms with Crippen LogP contribution in [-0.4, -0.2) is 29.5 Å². The van der Waals surface area contributed by atoms with Gasteiger partial charge in [0.1, 0.15) is 34.8 Å². The average Bonchev–Trinajstić information content (AvgIpc) is 3.14. The van der Waals surface area contributed by atoms with Crippen molar-refractivity contribution in [2.45, 2.75) is 31.8 Å². The van der Waals surface area contributed by atoms with Gasteiger partial charge in [-0.1, -0.05) is 36.7 Å². The maximum Gasteiger partial charge on any atom is 0.313 e. The second-order valence-corrected chi connectivity index (χ2v) is 9.26. The summed E-state index contributed by atoms with van der Waals surface area (Å²) in [5, 5.41) is 16.2. The molecule has 168 valence electrons. The van der Waals surface area contributed by atoms with E-state index >= 15 is 0 Å². The molecule has 0 amide bonds. The van der Waals surface area contributed by atoms with Crippen LogP contribution >= 0.6 is 11.6 Å². The maximum absolute atomic E-state index is 12.7. The Balaban J connectivity index is 1.77. The predicted molar refractivity (Wildman–Crippen MR) is 119 cm³/mol. The molecule has 0 aliphatic heterocycles. The van der Waals surface area contributed by atoms with Gasteiger partial charge in [0.15, 0.2) is 0 Å². The Kier molecular flexibility index (Phi) is 7.00. The van der Waals surface area contributed by atoms with Crippen molar-refractivity contribution in [1.29, 1.82) is 5.41 Å². The highest BCUT2D eigenvalue weighted by atomic mass is 35.5. The molecule has 10 heteroatoms. The minimum absolute atomic E-state index is 0.00618. The zero-order valence-corrected chi connectivity index (χ0v) is 18.9. The molecule has 0 fully saturated rings. The molecule has 0 spiro atoms. The van der Waals surface area contributed by atoms with Gasteiger partial charge in [0.05, 0.1) is 9.92 Å². The van der Waals surface area contributed by atoms with E-state index in [0.29, 0.717) is 17.3 Å². The van der Waals surface area contributed by atoms with E-state index in [1.54, 1.807) is 6.92 Å². The minimum atomic E-state index is -4.30. The molecule has 0 saturated carbocycles. The van der Waals surface area contributed by atoms with Crippen molar-refractivity contribution in [1.82, 2.24) is 4.98 Å². The van der Waals surface area contributed by atoms with Crippen LogP contribution in [0, 0.1) is 18.3 Å². The number of aromatic nitrogens is 1. The molecule has 3 aromatic rings. The third-order valence-electron chi connectivity index (χ3n) is 4.80. The Morgan fingerprint density at radius 2 is 1.94 bits per heavy atom. The Labute approximate surface area is 190 Å². The van der Waals surface area contributed by atoms with E-state index in [9.17, 15) is 13.2 Å². The van der Waals surface area contributed by atoms with Crippen molar-refractivity contribution >= 4 is 32.5 Å². The number of ether oxygens (including phenoxy) is 1. The van der Waals surface area contributed by atoms with Gasteiger partial charge in [0, 0.05) is 5.56 Å². The van der Waals surface area contributed by atoms with E-state index in [-0.39, 0.29) is 28.7 Å². The van der Waals surface area contributed by atoms with Gasteiger partial charge in [-0.15, -0.1) is 0 Å². The number of carbonyl (C=O) groups is 1. The Morgan fingerprint density at radius 3 is 2.53 bits per heavy atom. The Hall–Kier alpha value is -3.17. The number of aliphatic carboxylic acids is 1. The molecular formula is C22H21ClN2O6S. The first-order chi connectivity index (χ1) is 15.1. The number of oxazole rings is 1. The van der Waals surface area contributed by atoms with Gasteiger partial charge in [0.25, 0.3) is 0 Å². The van der Waals surface area contributed by atoms with Crippen LogP contribution in [0.5, 0.6) is 5.75 Å². The number of hydrogen-bond donors (Lipinski definition) is 2. The predicted octanol–water partition coefficient (Wildman–Crippen LogP) is 4.74. The SMILES string of the molecule is CC[C@@H](C(=N)S(=O)(=O)c1ccc(OCc2nc(-c3ccccc3)oc2C)c(Cl)c1)C(=O)O. The number of hydrogen-bond acceptors (Lipinski definition) is 7. The molecule has 0 aliphatic carbocycles. The Morgan fingerprint density at radius 1 is 1.25 bits per heavy atom. The zero-order chi connectivity index (χ0) is 23.5. The number of halogens is 1. The van der Waals surface area contributed by atoms with Gasteiger partial charge >= 0.3 is 5.97 Å². The van der Waals surface area contributed by atoms with Crippen LogP contribution in [0.1, 0.15) is 24.8 Å². The number of rotatable bonds is 8. The topological polar surface area (TPSA) is 131 Å². The third-order valence-corrected chi connectivity index (χ3v) is 6.84. The summed E-state index contributed by atoms with van der Waals surface area (Å²) in [5.41, 5.74) is 1.38. The van der Waals surface area contributed by atoms with Gasteiger partial charge in [-0.05, 0) is 43.7 Å². The quantitative estimate of drug-likeness (QED) is 0.354. The van der Waals surface area contributed by atoms with Crippen molar-refractivity contribution in [3.05, 3.63) is 65.0 Å². The van der Waals surface area contributed by atoms with E-state index in [1.807, 2.05) is 30.3 Å². The van der Waals surface area contributed by atoms with Crippen molar-refractivity contribution < 1.29 is 27.5 Å². The van der Waals surface area contributed by atoms with Crippen LogP contribution in [0.4, 0.5) is 0 Å². The fourth-order valence-electron chi connectivity index (χ4n) is 2.96. The van der Waals surface area contributed by atoms with Crippen molar-refractivity contribution in [3.8, 4) is 17.2 Å². The van der Waals surface area contributed by atoms with E-state index in [4.69, 9.17) is 31.3 Å². The van der Waals surface area contributed by atoms with Crippen LogP contribution in [0.3, 0.4) is 0 Å². The number of carboxylic acid groups (broad SMARTS) is 1. The second kappa shape index (κ2) is 9.54. The molecule has 1 atom stereocenters. The van der Waals surface area contributed by atoms with Gasteiger partial charge < -0.3 is 14.3 Å². The first kappa shape index (κ1) is 23.5. The van der Waals surface area contributed by atoms with Crippen molar-refractivity contribution in [2.24, 2.45) is 5.92 Å². The van der Waals surface area contributed by atoms with Gasteiger partial charge in [-0.25, -0.2) is 13.4 Å². The molecule has 1 aromatic heterocycles. The number of benzene rings is 2. The van der Waals surface area contributed by atoms with Crippen molar-refractivity contribution in [3.63, 3.8) is 0 Å². The van der Waals surface area contributed by atoms with E-state index < -0.39 is 26.8 Å². The molecule has 0 bridgehead atoms. The highest BCUT2D eigenvalue weighted by molar-refractivity contribution is 8.06. The fourth-order valence-corrected chi connectivity index (χ4v) is 4.68. The molecule has 0 radical (unpaired) electrons. The smallest absolute Gasteiger partial charge is 0.313 e. The molecule has 2 aromatic carbocycles. The zero-order valence-electron chi connectivity index (χ0n) is 17.3. The van der Waals surface area contributed by atoms with E-state index in [0.717, 1.165) is 11.6 Å². The minimum Gasteiger partial charge on any atom is -0.486 e. The first-order valence-electron chi connectivity index (χ1n) is 9.65. The summed E-state index contributed by atoms with van der Waals surface area (Å²) in [6.07, 6.45) is -0.0235. The highest BCUT2D eigenvalue weighted by Gasteiger charge is 2.32. The molecular weight excluding hydrogens is 456 g/mol. The van der Waals surface area contributed by atoms with Crippen molar-refractivity contribution in [2.75, 3.05) is 0 Å². The van der Waals surface area contributed by atoms with Gasteiger partial charge in [-0.3, -0.25) is 10.2 Å². The summed E-state index contributed by atoms with van der Waals surface area (Å²) >= 11 is 6.20. The van der Waals surface area contributed by atoms with E-state index in [1.165, 1.54) is 19.1 Å². The number of aryl methyl sites for hydroxylation is 1. The molecule has 32 heavy (non-hydrogen) atoms. The molecule has 2 N–H and O–H groups in total. The lowest BCUT2D eigenvalue weighted by molar-refractivity contribution is -0.139. The second-order valence-electron chi connectivity index (χ2n) is 6.94. The summed E-state index contributed by atoms with van der Waals surface area (Å²) in [5.74, 6) is -1.55. The lowest BCUT2D eigenvalue weighted by atomic mass is 10.1. The third kappa shape index (κ3) is 4.84. The molecule has 3 rings (SSSR count). The lowest BCUT2D eigenvalue weighted by Crippen LogP contribution is -2.29. The van der Waals surface area contributed by atoms with Crippen LogP contribution < -0.4 is 4.74 Å². The number of nitrogens with zero attached hydrogens (tertiary/aromatic N) is 1. The number of nitrogens with one attached hydrogen (secondary N) is 1. The van der Waals surface area contributed by atoms with Crippen LogP contribution in [0.25, 0.3) is 11.5 Å². The summed E-state index contributed by atoms with van der Waals surface area (Å²) in [4.78, 5) is 15.4. The summed E-state index contributed by atoms with van der Waals surface area (Å²) in [6, 6.07) is 13.1. The first-order valence-corrected chi connectivity index (χ1v) is 11.5. The fraction of sp³-hybridized carbons (Fsp3) is 0.227. The largest absolute Gasteiger partial charge is 0.486 e. The molecule has 0 saturated heterocycles. The van der Waals surface area contributed by atoms with Gasteiger partial charge in [-0.2, -0.15) is 0 Å². The van der Waals surface area contributed by atoms with Gasteiger partial charge in [0.2, 0.25) is 15.7 Å². The maximum atomic E-state index is 12.7. The standard InChI is InChI=1S/C22H21ClN2O6S/c1-3-16(22(26)27)20(24)32(28,29)15-9-10-19(17(23)11-15)30-12-18-13(2)31-21(25-18)14-7-5-4-6-8-14/h4-11,16,24H,3,12H2,1-2H3,(H,26,27)/t16-/m0/s1. The number of sulfone groups is 1. The van der Waals surface area contributed by atoms with Crippen LogP contribution in [0.15, 0.2) is 57.8 Å². The molecule has 1 heterocycles. The highest BCUT2D eigenvalue weighted by Crippen LogP contribution is 2.30. The summed E-state index contributed by atoms with van der Waals surface area (Å²) in [6.45, 7) is 3.30. The lowest BCUT2D eigenvalue weighted by Gasteiger charge is -2.13. The monoisotopic (exact) mass is 476 g/mol. The summed E-state index contributed by atoms with van der Waals surface area (Å²) < 4.78 is 36.7. The Bertz CT molecular complexity index is 1250. The number of carboxylic acids is 1. The average molecular weight is 477 g/mol. The van der Waals surface area contributed by atoms with Crippen LogP contribution in [0.2, 0.25) is 5.02 Å². The van der Waals surface area contributed by atoms with E-state index in [2.05, 4.69) is 4.98 Å². The molecule has 8 nitrogen and oxygen atoms in total. The molecule has 0 unspecified atom stereocenters. The molecule has 0 aliphatic rings. The normalized spacial score (nSPS) is 12.3. The van der Waals surface area contributed by atoms with Crippen LogP contribution in [-0.2, 0) is 21.2 Å².